The molecule has 5 nitrogen and oxygen atoms in total. The van der Waals surface area contributed by atoms with Crippen LogP contribution in [-0.4, -0.2) is 32.7 Å². The van der Waals surface area contributed by atoms with E-state index in [2.05, 4.69) is 39.2 Å². The summed E-state index contributed by atoms with van der Waals surface area (Å²) in [6.07, 6.45) is -0.593. The van der Waals surface area contributed by atoms with Gasteiger partial charge in [-0.05, 0) is 25.4 Å². The molecule has 1 heterocycles. The van der Waals surface area contributed by atoms with Gasteiger partial charge in [-0.15, -0.1) is 0 Å². The van der Waals surface area contributed by atoms with Crippen LogP contribution in [0.4, 0.5) is 0 Å². The lowest BCUT2D eigenvalue weighted by atomic mass is 9.67. The van der Waals surface area contributed by atoms with E-state index in [1.54, 1.807) is 13.8 Å². The molecule has 1 aliphatic heterocycles. The Morgan fingerprint density at radius 3 is 2.10 bits per heavy atom. The number of hydrogen-bond donors (Lipinski definition) is 1. The highest BCUT2D eigenvalue weighted by molar-refractivity contribution is 6.48. The Morgan fingerprint density at radius 2 is 1.76 bits per heavy atom. The van der Waals surface area contributed by atoms with E-state index in [0.29, 0.717) is 0 Å². The van der Waals surface area contributed by atoms with E-state index in [0.717, 1.165) is 0 Å². The van der Waals surface area contributed by atoms with E-state index >= 15 is 0 Å². The van der Waals surface area contributed by atoms with Crippen LogP contribution < -0.4 is 5.32 Å². The van der Waals surface area contributed by atoms with Crippen molar-refractivity contribution in [1.82, 2.24) is 5.32 Å². The van der Waals surface area contributed by atoms with Gasteiger partial charge in [0.1, 0.15) is 5.92 Å². The summed E-state index contributed by atoms with van der Waals surface area (Å²) in [7, 11) is -1.36. The summed E-state index contributed by atoms with van der Waals surface area (Å²) in [6, 6.07) is 0. The molecule has 0 saturated carbocycles. The van der Waals surface area contributed by atoms with E-state index in [1.807, 2.05) is 6.92 Å². The standard InChI is InChI=1S/C15H29NO4Si/c1-9(2)13(18)19-12-10(11(17)16-12)15(6,14(3,4)5)20-21(7)8/h9-10,12,21H,1-8H3,(H,16,17). The van der Waals surface area contributed by atoms with Gasteiger partial charge < -0.3 is 14.5 Å². The fraction of sp³-hybridized carbons (Fsp3) is 0.867. The first-order chi connectivity index (χ1) is 9.40. The van der Waals surface area contributed by atoms with Gasteiger partial charge in [0.2, 0.25) is 5.91 Å². The van der Waals surface area contributed by atoms with Crippen LogP contribution in [0.25, 0.3) is 0 Å². The lowest BCUT2D eigenvalue weighted by Crippen LogP contribution is -2.71. The molecule has 3 unspecified atom stereocenters. The Hall–Kier alpha value is -0.883. The van der Waals surface area contributed by atoms with Gasteiger partial charge in [0.25, 0.3) is 0 Å². The molecule has 1 fully saturated rings. The molecule has 1 N–H and O–H groups in total. The predicted molar refractivity (Wildman–Crippen MR) is 84.2 cm³/mol. The fourth-order valence-electron chi connectivity index (χ4n) is 2.46. The maximum absolute atomic E-state index is 12.1. The zero-order valence-electron chi connectivity index (χ0n) is 14.4. The summed E-state index contributed by atoms with van der Waals surface area (Å²) in [6.45, 7) is 15.8. The zero-order valence-corrected chi connectivity index (χ0v) is 15.6. The summed E-state index contributed by atoms with van der Waals surface area (Å²) >= 11 is 0. The third-order valence-electron chi connectivity index (χ3n) is 4.15. The molecule has 0 radical (unpaired) electrons. The van der Waals surface area contributed by atoms with Gasteiger partial charge in [-0.2, -0.15) is 0 Å². The Bertz CT molecular complexity index is 416. The molecule has 1 amide bonds. The van der Waals surface area contributed by atoms with Crippen LogP contribution in [0, 0.1) is 17.3 Å². The SMILES string of the molecule is CC(C)C(=O)OC1NC(=O)C1C(C)(O[SiH](C)C)C(C)(C)C. The van der Waals surface area contributed by atoms with Gasteiger partial charge in [0, 0.05) is 0 Å². The van der Waals surface area contributed by atoms with Crippen LogP contribution in [0.5, 0.6) is 0 Å². The van der Waals surface area contributed by atoms with Crippen molar-refractivity contribution in [2.24, 2.45) is 17.3 Å². The van der Waals surface area contributed by atoms with Crippen molar-refractivity contribution >= 4 is 20.9 Å². The molecule has 1 aliphatic rings. The van der Waals surface area contributed by atoms with Crippen LogP contribution in [-0.2, 0) is 18.8 Å². The molecule has 0 spiro atoms. The molecule has 0 aromatic rings. The number of ether oxygens (including phenoxy) is 1. The van der Waals surface area contributed by atoms with E-state index in [-0.39, 0.29) is 23.2 Å². The second-order valence-corrected chi connectivity index (χ2v) is 9.86. The number of nitrogens with one attached hydrogen (secondary N) is 1. The molecule has 0 aromatic carbocycles. The minimum absolute atomic E-state index is 0.108. The Labute approximate surface area is 129 Å². The quantitative estimate of drug-likeness (QED) is 0.479. The van der Waals surface area contributed by atoms with Crippen molar-refractivity contribution in [1.29, 1.82) is 0 Å². The van der Waals surface area contributed by atoms with Gasteiger partial charge in [0.05, 0.1) is 11.5 Å². The smallest absolute Gasteiger partial charge is 0.310 e. The highest BCUT2D eigenvalue weighted by atomic mass is 28.3. The van der Waals surface area contributed by atoms with Crippen LogP contribution in [0.3, 0.4) is 0 Å². The van der Waals surface area contributed by atoms with Crippen LogP contribution in [0.15, 0.2) is 0 Å². The lowest BCUT2D eigenvalue weighted by molar-refractivity contribution is -0.196. The third kappa shape index (κ3) is 3.66. The van der Waals surface area contributed by atoms with Gasteiger partial charge >= 0.3 is 5.97 Å². The average Bonchev–Trinajstić information content (AvgIpc) is 2.24. The van der Waals surface area contributed by atoms with Crippen molar-refractivity contribution in [3.8, 4) is 0 Å². The molecule has 0 aliphatic carbocycles. The third-order valence-corrected chi connectivity index (χ3v) is 5.11. The summed E-state index contributed by atoms with van der Waals surface area (Å²) in [4.78, 5) is 23.9. The minimum atomic E-state index is -1.36. The molecular formula is C15H29NO4Si. The van der Waals surface area contributed by atoms with E-state index in [4.69, 9.17) is 9.16 Å². The van der Waals surface area contributed by atoms with Gasteiger partial charge in [0.15, 0.2) is 15.3 Å². The fourth-order valence-corrected chi connectivity index (χ4v) is 3.94. The molecule has 0 aromatic heterocycles. The molecule has 0 bridgehead atoms. The maximum Gasteiger partial charge on any atom is 0.310 e. The Kier molecular flexibility index (Phi) is 5.26. The largest absolute Gasteiger partial charge is 0.440 e. The normalized spacial score (nSPS) is 25.3. The summed E-state index contributed by atoms with van der Waals surface area (Å²) in [5.74, 6) is -1.09. The van der Waals surface area contributed by atoms with Gasteiger partial charge in [-0.3, -0.25) is 9.59 Å². The van der Waals surface area contributed by atoms with Crippen molar-refractivity contribution < 1.29 is 18.8 Å². The highest BCUT2D eigenvalue weighted by Crippen LogP contribution is 2.44. The summed E-state index contributed by atoms with van der Waals surface area (Å²) in [5.41, 5.74) is -0.896. The number of esters is 1. The minimum Gasteiger partial charge on any atom is -0.440 e. The molecule has 122 valence electrons. The maximum atomic E-state index is 12.1. The zero-order chi connectivity index (χ0) is 16.6. The van der Waals surface area contributed by atoms with Crippen LogP contribution in [0.1, 0.15) is 41.5 Å². The second-order valence-electron chi connectivity index (χ2n) is 7.52. The Morgan fingerprint density at radius 1 is 1.24 bits per heavy atom. The highest BCUT2D eigenvalue weighted by Gasteiger charge is 2.59. The first-order valence-corrected chi connectivity index (χ1v) is 10.4. The molecule has 21 heavy (non-hydrogen) atoms. The topological polar surface area (TPSA) is 64.6 Å². The predicted octanol–water partition coefficient (Wildman–Crippen LogP) is 2.06. The first kappa shape index (κ1) is 18.2. The van der Waals surface area contributed by atoms with Gasteiger partial charge in [-0.25, -0.2) is 0 Å². The number of hydrogen-bond acceptors (Lipinski definition) is 4. The van der Waals surface area contributed by atoms with E-state index in [9.17, 15) is 9.59 Å². The van der Waals surface area contributed by atoms with E-state index in [1.165, 1.54) is 0 Å². The molecular weight excluding hydrogens is 286 g/mol. The number of β-lactam (4-membered cyclic amide) rings is 1. The number of carbonyl (C=O) groups excluding carboxylic acids is 2. The van der Waals surface area contributed by atoms with E-state index < -0.39 is 26.8 Å². The molecule has 1 rings (SSSR count). The van der Waals surface area contributed by atoms with Crippen LogP contribution in [0.2, 0.25) is 13.1 Å². The van der Waals surface area contributed by atoms with Crippen molar-refractivity contribution in [3.63, 3.8) is 0 Å². The summed E-state index contributed by atoms with van der Waals surface area (Å²) in [5, 5.41) is 2.68. The van der Waals surface area contributed by atoms with Crippen molar-refractivity contribution in [2.75, 3.05) is 0 Å². The number of rotatable bonds is 5. The summed E-state index contributed by atoms with van der Waals surface area (Å²) < 4.78 is 11.7. The molecule has 3 atom stereocenters. The first-order valence-electron chi connectivity index (χ1n) is 7.59. The number of carbonyl (C=O) groups is 2. The lowest BCUT2D eigenvalue weighted by Gasteiger charge is -2.53. The van der Waals surface area contributed by atoms with Gasteiger partial charge in [-0.1, -0.05) is 34.6 Å². The van der Waals surface area contributed by atoms with Crippen molar-refractivity contribution in [2.45, 2.75) is 66.5 Å². The molecule has 1 saturated heterocycles. The number of amides is 1. The molecule has 6 heteroatoms. The van der Waals surface area contributed by atoms with Crippen LogP contribution >= 0.6 is 0 Å². The monoisotopic (exact) mass is 315 g/mol. The Balaban J connectivity index is 3.00. The van der Waals surface area contributed by atoms with Crippen molar-refractivity contribution in [3.05, 3.63) is 0 Å². The average molecular weight is 315 g/mol. The second kappa shape index (κ2) is 6.08.